The minimum atomic E-state index is -0.821. The van der Waals surface area contributed by atoms with Crippen molar-refractivity contribution in [2.45, 2.75) is 252 Å². The van der Waals surface area contributed by atoms with E-state index in [1.807, 2.05) is 30.4 Å². The summed E-state index contributed by atoms with van der Waals surface area (Å²) in [7, 11) is 0. The van der Waals surface area contributed by atoms with E-state index in [1.54, 1.807) is 0 Å². The van der Waals surface area contributed by atoms with Gasteiger partial charge in [0.15, 0.2) is 6.10 Å². The Hall–Kier alpha value is -4.19. The van der Waals surface area contributed by atoms with Gasteiger partial charge in [-0.25, -0.2) is 0 Å². The molecule has 0 bridgehead atoms. The van der Waals surface area contributed by atoms with Crippen molar-refractivity contribution in [3.05, 3.63) is 122 Å². The number of hydrogen-bond acceptors (Lipinski definition) is 6. The molecular weight excluding hydrogens is 865 g/mol. The molecule has 0 aliphatic carbocycles. The number of ether oxygens (including phenoxy) is 3. The fraction of sp³-hybridized carbons (Fsp3) is 0.641. The van der Waals surface area contributed by atoms with Crippen molar-refractivity contribution >= 4 is 17.9 Å². The lowest BCUT2D eigenvalue weighted by atomic mass is 10.0. The van der Waals surface area contributed by atoms with Gasteiger partial charge in [-0.3, -0.25) is 14.4 Å². The van der Waals surface area contributed by atoms with Crippen molar-refractivity contribution < 1.29 is 28.6 Å². The molecule has 0 aromatic rings. The minimum absolute atomic E-state index is 0.116. The molecule has 0 spiro atoms. The quantitative estimate of drug-likeness (QED) is 0.0199. The first-order valence-electron chi connectivity index (χ1n) is 28.6. The molecule has 0 fully saturated rings. The second-order valence-electron chi connectivity index (χ2n) is 18.6. The molecule has 0 saturated carbocycles. The predicted octanol–water partition coefficient (Wildman–Crippen LogP) is 19.3. The van der Waals surface area contributed by atoms with Crippen LogP contribution in [0, 0.1) is 0 Å². The molecule has 0 aliphatic rings. The predicted molar refractivity (Wildman–Crippen MR) is 302 cm³/mol. The van der Waals surface area contributed by atoms with Crippen molar-refractivity contribution in [1.29, 1.82) is 0 Å². The molecule has 0 N–H and O–H groups in total. The lowest BCUT2D eigenvalue weighted by Crippen LogP contribution is -2.30. The second-order valence-corrected chi connectivity index (χ2v) is 18.6. The Morgan fingerprint density at radius 2 is 0.671 bits per heavy atom. The molecule has 0 aliphatic heterocycles. The van der Waals surface area contributed by atoms with Crippen LogP contribution in [-0.4, -0.2) is 37.2 Å². The first kappa shape index (κ1) is 65.8. The minimum Gasteiger partial charge on any atom is -0.462 e. The van der Waals surface area contributed by atoms with E-state index in [1.165, 1.54) is 103 Å². The molecule has 1 unspecified atom stereocenters. The molecule has 70 heavy (non-hydrogen) atoms. The van der Waals surface area contributed by atoms with Crippen LogP contribution in [0.25, 0.3) is 0 Å². The number of allylic oxidation sites excluding steroid dienone is 20. The Morgan fingerprint density at radius 3 is 1.11 bits per heavy atom. The lowest BCUT2D eigenvalue weighted by molar-refractivity contribution is -0.166. The molecular formula is C64H104O6. The Balaban J connectivity index is 4.53. The number of carbonyl (C=O) groups excluding carboxylic acids is 3. The molecule has 6 heteroatoms. The maximum Gasteiger partial charge on any atom is 0.306 e. The third kappa shape index (κ3) is 54.7. The largest absolute Gasteiger partial charge is 0.462 e. The number of esters is 3. The Labute approximate surface area is 431 Å². The molecule has 396 valence electrons. The summed E-state index contributed by atoms with van der Waals surface area (Å²) in [6.45, 7) is 6.36. The van der Waals surface area contributed by atoms with E-state index < -0.39 is 6.10 Å². The number of hydrogen-bond donors (Lipinski definition) is 0. The lowest BCUT2D eigenvalue weighted by Gasteiger charge is -2.18. The molecule has 0 radical (unpaired) electrons. The molecule has 0 amide bonds. The standard InChI is InChI=1S/C64H104O6/c1-4-7-10-13-16-19-22-25-28-31-33-36-39-42-45-48-51-54-57-63(66)69-60-61(59-68-62(65)56-53-50-47-44-41-38-35-30-27-24-21-18-15-12-9-6-3)70-64(67)58-55-52-49-46-43-40-37-34-32-29-26-23-20-17-14-11-8-5-2/h9-10,12-13,16,18-19,21-22,25,27-28,30-31,33,36,38,41,47,50,61H,4-8,11,14-15,17,20,23-24,26,29,32,34-35,37,39-40,42-46,48-49,51-60H2,1-3H3/b12-9-,13-10-,19-16-,21-18-,25-22-,30-27-,31-28-,36-33-,41-38-,50-47-. The summed E-state index contributed by atoms with van der Waals surface area (Å²) in [4.78, 5) is 38.1. The Bertz CT molecular complexity index is 1490. The zero-order valence-corrected chi connectivity index (χ0v) is 45.2. The van der Waals surface area contributed by atoms with Crippen LogP contribution in [0.2, 0.25) is 0 Å². The SMILES string of the molecule is CC/C=C\C/C=C\C/C=C\C/C=C\C/C=C\CCC(=O)OCC(COC(=O)CCCCCCC\C=C/C=C\C=C/C=C\C=C/CCC)OC(=O)CCCCCCCCCCCCCCCCCCCC. The topological polar surface area (TPSA) is 78.9 Å². The maximum atomic E-state index is 12.9. The first-order chi connectivity index (χ1) is 34.5. The van der Waals surface area contributed by atoms with E-state index in [4.69, 9.17) is 14.2 Å². The fourth-order valence-corrected chi connectivity index (χ4v) is 7.58. The molecule has 0 aromatic carbocycles. The van der Waals surface area contributed by atoms with Crippen molar-refractivity contribution in [3.63, 3.8) is 0 Å². The molecule has 0 saturated heterocycles. The summed E-state index contributed by atoms with van der Waals surface area (Å²) in [6, 6.07) is 0. The zero-order valence-electron chi connectivity index (χ0n) is 45.2. The van der Waals surface area contributed by atoms with Crippen molar-refractivity contribution in [2.75, 3.05) is 13.2 Å². The third-order valence-corrected chi connectivity index (χ3v) is 11.8. The van der Waals surface area contributed by atoms with Gasteiger partial charge in [-0.05, 0) is 70.6 Å². The van der Waals surface area contributed by atoms with Crippen LogP contribution in [-0.2, 0) is 28.6 Å². The normalized spacial score (nSPS) is 13.0. The molecule has 0 rings (SSSR count). The van der Waals surface area contributed by atoms with Crippen molar-refractivity contribution in [2.24, 2.45) is 0 Å². The van der Waals surface area contributed by atoms with Gasteiger partial charge < -0.3 is 14.2 Å². The first-order valence-corrected chi connectivity index (χ1v) is 28.6. The van der Waals surface area contributed by atoms with E-state index in [0.29, 0.717) is 19.3 Å². The van der Waals surface area contributed by atoms with Gasteiger partial charge in [0.05, 0.1) is 0 Å². The van der Waals surface area contributed by atoms with Crippen molar-refractivity contribution in [3.8, 4) is 0 Å². The van der Waals surface area contributed by atoms with E-state index in [-0.39, 0.29) is 37.5 Å². The van der Waals surface area contributed by atoms with Gasteiger partial charge in [-0.2, -0.15) is 0 Å². The highest BCUT2D eigenvalue weighted by atomic mass is 16.6. The highest BCUT2D eigenvalue weighted by Crippen LogP contribution is 2.16. The van der Waals surface area contributed by atoms with Crippen LogP contribution >= 0.6 is 0 Å². The number of carbonyl (C=O) groups is 3. The van der Waals surface area contributed by atoms with E-state index in [2.05, 4.69) is 112 Å². The summed E-state index contributed by atoms with van der Waals surface area (Å²) in [5.41, 5.74) is 0. The van der Waals surface area contributed by atoms with Gasteiger partial charge in [0.25, 0.3) is 0 Å². The van der Waals surface area contributed by atoms with Gasteiger partial charge >= 0.3 is 17.9 Å². The van der Waals surface area contributed by atoms with Crippen molar-refractivity contribution in [1.82, 2.24) is 0 Å². The summed E-state index contributed by atoms with van der Waals surface area (Å²) < 4.78 is 16.8. The van der Waals surface area contributed by atoms with Gasteiger partial charge in [-0.1, -0.05) is 277 Å². The molecule has 0 aromatic heterocycles. The van der Waals surface area contributed by atoms with E-state index in [0.717, 1.165) is 96.3 Å². The van der Waals surface area contributed by atoms with Crippen LogP contribution in [0.1, 0.15) is 245 Å². The van der Waals surface area contributed by atoms with Crippen LogP contribution in [0.5, 0.6) is 0 Å². The average molecular weight is 970 g/mol. The maximum absolute atomic E-state index is 12.9. The molecule has 0 heterocycles. The van der Waals surface area contributed by atoms with Gasteiger partial charge in [0.2, 0.25) is 0 Å². The molecule has 1 atom stereocenters. The van der Waals surface area contributed by atoms with Gasteiger partial charge in [0.1, 0.15) is 13.2 Å². The average Bonchev–Trinajstić information content (AvgIpc) is 3.36. The Kier molecular flexibility index (Phi) is 54.0. The van der Waals surface area contributed by atoms with Crippen LogP contribution < -0.4 is 0 Å². The third-order valence-electron chi connectivity index (χ3n) is 11.8. The number of unbranched alkanes of at least 4 members (excludes halogenated alkanes) is 23. The summed E-state index contributed by atoms with van der Waals surface area (Å²) in [5.74, 6) is -1.02. The van der Waals surface area contributed by atoms with E-state index in [9.17, 15) is 14.4 Å². The monoisotopic (exact) mass is 969 g/mol. The summed E-state index contributed by atoms with van der Waals surface area (Å²) in [6.07, 6.45) is 79.1. The van der Waals surface area contributed by atoms with Gasteiger partial charge in [0, 0.05) is 19.3 Å². The highest BCUT2D eigenvalue weighted by Gasteiger charge is 2.19. The smallest absolute Gasteiger partial charge is 0.306 e. The number of rotatable bonds is 50. The fourth-order valence-electron chi connectivity index (χ4n) is 7.58. The van der Waals surface area contributed by atoms with E-state index >= 15 is 0 Å². The molecule has 6 nitrogen and oxygen atoms in total. The Morgan fingerprint density at radius 1 is 0.314 bits per heavy atom. The summed E-state index contributed by atoms with van der Waals surface area (Å²) >= 11 is 0. The van der Waals surface area contributed by atoms with Gasteiger partial charge in [-0.15, -0.1) is 0 Å². The van der Waals surface area contributed by atoms with Crippen LogP contribution in [0.3, 0.4) is 0 Å². The van der Waals surface area contributed by atoms with Crippen LogP contribution in [0.15, 0.2) is 122 Å². The summed E-state index contributed by atoms with van der Waals surface area (Å²) in [5, 5.41) is 0. The zero-order chi connectivity index (χ0) is 50.7. The second kappa shape index (κ2) is 57.4. The van der Waals surface area contributed by atoms with Crippen LogP contribution in [0.4, 0.5) is 0 Å². The highest BCUT2D eigenvalue weighted by molar-refractivity contribution is 5.71.